The molecule has 0 unspecified atom stereocenters. The summed E-state index contributed by atoms with van der Waals surface area (Å²) >= 11 is 6.08. The van der Waals surface area contributed by atoms with Gasteiger partial charge in [-0.2, -0.15) is 17.5 Å². The Morgan fingerprint density at radius 2 is 1.81 bits per heavy atom. The highest BCUT2D eigenvalue weighted by atomic mass is 35.5. The zero-order valence-corrected chi connectivity index (χ0v) is 17.9. The minimum absolute atomic E-state index is 0.00658. The molecule has 6 nitrogen and oxygen atoms in total. The first-order chi connectivity index (χ1) is 14.6. The normalized spacial score (nSPS) is 15.5. The lowest BCUT2D eigenvalue weighted by molar-refractivity contribution is -0.137. The van der Waals surface area contributed by atoms with Crippen molar-refractivity contribution in [3.05, 3.63) is 53.1 Å². The predicted octanol–water partition coefficient (Wildman–Crippen LogP) is 4.55. The van der Waals surface area contributed by atoms with Gasteiger partial charge >= 0.3 is 6.18 Å². The van der Waals surface area contributed by atoms with Crippen LogP contribution in [0.2, 0.25) is 5.02 Å². The molecule has 3 rings (SSSR count). The van der Waals surface area contributed by atoms with E-state index in [0.717, 1.165) is 31.4 Å². The van der Waals surface area contributed by atoms with Gasteiger partial charge in [0.2, 0.25) is 10.0 Å². The van der Waals surface area contributed by atoms with Crippen LogP contribution in [0.5, 0.6) is 5.75 Å². The Kier molecular flexibility index (Phi) is 7.13. The molecule has 2 aromatic carbocycles. The van der Waals surface area contributed by atoms with E-state index < -0.39 is 34.3 Å². The standard InChI is InChI=1S/C20H20ClF3N2O4S/c21-17-8-7-16(31(28,29)26-9-2-1-3-10-26)12-18(17)25-19(27)13-30-15-6-4-5-14(11-15)20(22,23)24/h4-8,11-12H,1-3,9-10,13H2,(H,25,27). The van der Waals surface area contributed by atoms with Gasteiger partial charge in [-0.25, -0.2) is 8.42 Å². The molecular weight excluding hydrogens is 457 g/mol. The number of nitrogens with zero attached hydrogens (tertiary/aromatic N) is 1. The average Bonchev–Trinajstić information content (AvgIpc) is 2.74. The molecule has 1 N–H and O–H groups in total. The smallest absolute Gasteiger partial charge is 0.416 e. The van der Waals surface area contributed by atoms with Gasteiger partial charge in [-0.1, -0.05) is 24.1 Å². The average molecular weight is 477 g/mol. The molecule has 0 saturated carbocycles. The Morgan fingerprint density at radius 3 is 2.48 bits per heavy atom. The zero-order chi connectivity index (χ0) is 22.6. The summed E-state index contributed by atoms with van der Waals surface area (Å²) in [6, 6.07) is 8.12. The van der Waals surface area contributed by atoms with Gasteiger partial charge in [0.05, 0.1) is 21.2 Å². The van der Waals surface area contributed by atoms with Crippen LogP contribution in [0.1, 0.15) is 24.8 Å². The van der Waals surface area contributed by atoms with E-state index >= 15 is 0 Å². The van der Waals surface area contributed by atoms with E-state index in [-0.39, 0.29) is 21.4 Å². The minimum atomic E-state index is -4.53. The SMILES string of the molecule is O=C(COc1cccc(C(F)(F)F)c1)Nc1cc(S(=O)(=O)N2CCCCC2)ccc1Cl. The third-order valence-electron chi connectivity index (χ3n) is 4.70. The van der Waals surface area contributed by atoms with Gasteiger partial charge < -0.3 is 10.1 Å². The lowest BCUT2D eigenvalue weighted by Gasteiger charge is -2.26. The molecule has 1 aliphatic heterocycles. The third-order valence-corrected chi connectivity index (χ3v) is 6.92. The largest absolute Gasteiger partial charge is 0.484 e. The van der Waals surface area contributed by atoms with E-state index in [0.29, 0.717) is 13.1 Å². The molecule has 1 aliphatic rings. The van der Waals surface area contributed by atoms with E-state index in [1.807, 2.05) is 0 Å². The molecule has 2 aromatic rings. The Labute approximate surface area is 183 Å². The molecular formula is C20H20ClF3N2O4S. The number of alkyl halides is 3. The topological polar surface area (TPSA) is 75.7 Å². The maximum atomic E-state index is 12.8. The van der Waals surface area contributed by atoms with Crippen LogP contribution in [0.3, 0.4) is 0 Å². The highest BCUT2D eigenvalue weighted by Crippen LogP contribution is 2.31. The maximum Gasteiger partial charge on any atom is 0.416 e. The van der Waals surface area contributed by atoms with E-state index in [2.05, 4.69) is 5.32 Å². The summed E-state index contributed by atoms with van der Waals surface area (Å²) in [5.74, 6) is -0.829. The number of ether oxygens (including phenoxy) is 1. The number of nitrogens with one attached hydrogen (secondary N) is 1. The van der Waals surface area contributed by atoms with Crippen LogP contribution in [0.25, 0.3) is 0 Å². The summed E-state index contributed by atoms with van der Waals surface area (Å²) in [6.07, 6.45) is -2.00. The highest BCUT2D eigenvalue weighted by molar-refractivity contribution is 7.89. The van der Waals surface area contributed by atoms with E-state index in [4.69, 9.17) is 16.3 Å². The minimum Gasteiger partial charge on any atom is -0.484 e. The summed E-state index contributed by atoms with van der Waals surface area (Å²) in [7, 11) is -3.73. The number of benzene rings is 2. The van der Waals surface area contributed by atoms with Crippen LogP contribution in [0.4, 0.5) is 18.9 Å². The second-order valence-electron chi connectivity index (χ2n) is 6.97. The molecule has 1 saturated heterocycles. The highest BCUT2D eigenvalue weighted by Gasteiger charge is 2.30. The maximum absolute atomic E-state index is 12.8. The third kappa shape index (κ3) is 5.90. The molecule has 0 aromatic heterocycles. The van der Waals surface area contributed by atoms with Crippen molar-refractivity contribution >= 4 is 33.2 Å². The fourth-order valence-corrected chi connectivity index (χ4v) is 4.82. The number of hydrogen-bond acceptors (Lipinski definition) is 4. The van der Waals surface area contributed by atoms with Gasteiger partial charge in [0.15, 0.2) is 6.61 Å². The van der Waals surface area contributed by atoms with E-state index in [1.165, 1.54) is 34.6 Å². The summed E-state index contributed by atoms with van der Waals surface area (Å²) < 4.78 is 70.4. The van der Waals surface area contributed by atoms with Gasteiger partial charge in [-0.15, -0.1) is 0 Å². The first kappa shape index (κ1) is 23.4. The van der Waals surface area contributed by atoms with Crippen LogP contribution in [-0.4, -0.2) is 38.3 Å². The number of carbonyl (C=O) groups excluding carboxylic acids is 1. The second kappa shape index (κ2) is 9.46. The van der Waals surface area contributed by atoms with Gasteiger partial charge in [0, 0.05) is 13.1 Å². The van der Waals surface area contributed by atoms with Gasteiger partial charge in [-0.05, 0) is 49.2 Å². The van der Waals surface area contributed by atoms with Crippen molar-refractivity contribution in [3.63, 3.8) is 0 Å². The Balaban J connectivity index is 1.68. The summed E-state index contributed by atoms with van der Waals surface area (Å²) in [5, 5.41) is 2.56. The quantitative estimate of drug-likeness (QED) is 0.663. The molecule has 1 heterocycles. The molecule has 11 heteroatoms. The molecule has 1 amide bonds. The van der Waals surface area contributed by atoms with Crippen molar-refractivity contribution in [3.8, 4) is 5.75 Å². The molecule has 0 atom stereocenters. The van der Waals surface area contributed by atoms with Crippen molar-refractivity contribution in [2.24, 2.45) is 0 Å². The number of anilines is 1. The predicted molar refractivity (Wildman–Crippen MR) is 110 cm³/mol. The van der Waals surface area contributed by atoms with E-state index in [9.17, 15) is 26.4 Å². The number of carbonyl (C=O) groups is 1. The first-order valence-electron chi connectivity index (χ1n) is 9.47. The molecule has 0 bridgehead atoms. The fourth-order valence-electron chi connectivity index (χ4n) is 3.11. The summed E-state index contributed by atoms with van der Waals surface area (Å²) in [4.78, 5) is 12.2. The number of halogens is 4. The summed E-state index contributed by atoms with van der Waals surface area (Å²) in [5.41, 5.74) is -0.832. The van der Waals surface area contributed by atoms with Crippen LogP contribution in [0, 0.1) is 0 Å². The van der Waals surface area contributed by atoms with Gasteiger partial charge in [0.25, 0.3) is 5.91 Å². The number of sulfonamides is 1. The molecule has 0 radical (unpaired) electrons. The molecule has 0 spiro atoms. The molecule has 168 valence electrons. The molecule has 0 aliphatic carbocycles. The fraction of sp³-hybridized carbons (Fsp3) is 0.350. The van der Waals surface area contributed by atoms with Crippen molar-refractivity contribution in [2.75, 3.05) is 25.0 Å². The van der Waals surface area contributed by atoms with Crippen LogP contribution < -0.4 is 10.1 Å². The van der Waals surface area contributed by atoms with Crippen LogP contribution in [0.15, 0.2) is 47.4 Å². The number of rotatable bonds is 6. The van der Waals surface area contributed by atoms with Crippen LogP contribution in [-0.2, 0) is 21.0 Å². The number of piperidine rings is 1. The lowest BCUT2D eigenvalue weighted by Crippen LogP contribution is -2.35. The van der Waals surface area contributed by atoms with Crippen molar-refractivity contribution in [2.45, 2.75) is 30.3 Å². The van der Waals surface area contributed by atoms with Crippen molar-refractivity contribution in [1.82, 2.24) is 4.31 Å². The Morgan fingerprint density at radius 1 is 1.10 bits per heavy atom. The second-order valence-corrected chi connectivity index (χ2v) is 9.31. The number of hydrogen-bond donors (Lipinski definition) is 1. The zero-order valence-electron chi connectivity index (χ0n) is 16.3. The van der Waals surface area contributed by atoms with E-state index in [1.54, 1.807) is 0 Å². The molecule has 31 heavy (non-hydrogen) atoms. The lowest BCUT2D eigenvalue weighted by atomic mass is 10.2. The first-order valence-corrected chi connectivity index (χ1v) is 11.3. The van der Waals surface area contributed by atoms with Crippen molar-refractivity contribution < 1.29 is 31.1 Å². The number of amides is 1. The monoisotopic (exact) mass is 476 g/mol. The molecule has 1 fully saturated rings. The van der Waals surface area contributed by atoms with Gasteiger partial charge in [0.1, 0.15) is 5.75 Å². The van der Waals surface area contributed by atoms with Crippen molar-refractivity contribution in [1.29, 1.82) is 0 Å². The Hall–Kier alpha value is -2.30. The van der Waals surface area contributed by atoms with Crippen LogP contribution >= 0.6 is 11.6 Å². The van der Waals surface area contributed by atoms with Gasteiger partial charge in [-0.3, -0.25) is 4.79 Å². The summed E-state index contributed by atoms with van der Waals surface area (Å²) in [6.45, 7) is 0.274. The Bertz CT molecular complexity index is 1050.